The molecule has 3 aromatic rings. The van der Waals surface area contributed by atoms with Crippen LogP contribution in [0.1, 0.15) is 22.5 Å². The maximum Gasteiger partial charge on any atom is 0.256 e. The molecule has 33 heavy (non-hydrogen) atoms. The first kappa shape index (κ1) is 21.8. The molecule has 3 heterocycles. The molecule has 170 valence electrons. The zero-order chi connectivity index (χ0) is 22.6. The van der Waals surface area contributed by atoms with Crippen molar-refractivity contribution in [2.24, 2.45) is 0 Å². The number of anilines is 1. The van der Waals surface area contributed by atoms with E-state index in [-0.39, 0.29) is 5.91 Å². The van der Waals surface area contributed by atoms with Gasteiger partial charge in [-0.2, -0.15) is 0 Å². The molecular weight excluding hydrogens is 432 g/mol. The third kappa shape index (κ3) is 4.85. The molecule has 5 rings (SSSR count). The second kappa shape index (κ2) is 9.86. The lowest BCUT2D eigenvalue weighted by Gasteiger charge is -2.36. The number of carbonyl (C=O) groups excluding carboxylic acids is 1. The summed E-state index contributed by atoms with van der Waals surface area (Å²) in [6.45, 7) is 6.57. The van der Waals surface area contributed by atoms with E-state index in [0.29, 0.717) is 6.54 Å². The number of aromatic nitrogens is 1. The van der Waals surface area contributed by atoms with Gasteiger partial charge in [0.05, 0.1) is 11.3 Å². The van der Waals surface area contributed by atoms with Crippen molar-refractivity contribution in [1.82, 2.24) is 14.4 Å². The monoisotopic (exact) mass is 460 g/mol. The van der Waals surface area contributed by atoms with E-state index in [1.807, 2.05) is 47.5 Å². The summed E-state index contributed by atoms with van der Waals surface area (Å²) >= 11 is 6.01. The molecule has 0 aliphatic carbocycles. The molecule has 0 N–H and O–H groups in total. The predicted molar refractivity (Wildman–Crippen MR) is 135 cm³/mol. The zero-order valence-electron chi connectivity index (χ0n) is 18.7. The van der Waals surface area contributed by atoms with Gasteiger partial charge in [0.25, 0.3) is 5.91 Å². The fourth-order valence-electron chi connectivity index (χ4n) is 4.71. The van der Waals surface area contributed by atoms with Crippen LogP contribution in [0.5, 0.6) is 0 Å². The number of halogens is 1. The first-order valence-corrected chi connectivity index (χ1v) is 12.0. The Kier molecular flexibility index (Phi) is 6.51. The molecule has 1 saturated heterocycles. The molecule has 2 aromatic carbocycles. The Balaban J connectivity index is 1.14. The number of benzene rings is 2. The van der Waals surface area contributed by atoms with Gasteiger partial charge >= 0.3 is 0 Å². The van der Waals surface area contributed by atoms with E-state index in [4.69, 9.17) is 11.6 Å². The number of nitrogens with zero attached hydrogens (tertiary/aromatic N) is 4. The van der Waals surface area contributed by atoms with Gasteiger partial charge in [-0.3, -0.25) is 9.69 Å². The lowest BCUT2D eigenvalue weighted by Crippen LogP contribution is -2.47. The standard InChI is InChI=1S/C27H29ClN4O/c28-22-9-11-23(12-10-22)30-20-18-29(19-21-30)14-5-16-31-15-4-8-26-25(27(31)33)13-17-32(26)24-6-2-1-3-7-24/h1-4,6-13,17H,5,14-16,18-21H2. The fourth-order valence-corrected chi connectivity index (χ4v) is 4.84. The lowest BCUT2D eigenvalue weighted by atomic mass is 10.2. The van der Waals surface area contributed by atoms with Crippen molar-refractivity contribution in [3.05, 3.63) is 89.2 Å². The van der Waals surface area contributed by atoms with Crippen molar-refractivity contribution in [1.29, 1.82) is 0 Å². The third-order valence-electron chi connectivity index (χ3n) is 6.55. The normalized spacial score (nSPS) is 16.7. The van der Waals surface area contributed by atoms with Crippen LogP contribution in [0.3, 0.4) is 0 Å². The van der Waals surface area contributed by atoms with Crippen LogP contribution in [-0.2, 0) is 0 Å². The summed E-state index contributed by atoms with van der Waals surface area (Å²) in [5.41, 5.74) is 4.05. The van der Waals surface area contributed by atoms with Crippen molar-refractivity contribution >= 4 is 29.3 Å². The molecule has 0 bridgehead atoms. The number of amides is 1. The van der Waals surface area contributed by atoms with Gasteiger partial charge in [0.1, 0.15) is 0 Å². The van der Waals surface area contributed by atoms with Gasteiger partial charge in [-0.25, -0.2) is 0 Å². The maximum atomic E-state index is 13.2. The van der Waals surface area contributed by atoms with Crippen molar-refractivity contribution in [3.8, 4) is 5.69 Å². The molecule has 1 amide bonds. The lowest BCUT2D eigenvalue weighted by molar-refractivity contribution is 0.0768. The Morgan fingerprint density at radius 2 is 1.58 bits per heavy atom. The Labute approximate surface area is 200 Å². The summed E-state index contributed by atoms with van der Waals surface area (Å²) in [6, 6.07) is 20.2. The van der Waals surface area contributed by atoms with Crippen LogP contribution in [-0.4, -0.2) is 66.1 Å². The molecule has 6 heteroatoms. The Bertz CT molecular complexity index is 1110. The van der Waals surface area contributed by atoms with Crippen LogP contribution >= 0.6 is 11.6 Å². The van der Waals surface area contributed by atoms with Crippen molar-refractivity contribution in [2.75, 3.05) is 50.7 Å². The van der Waals surface area contributed by atoms with Crippen LogP contribution in [0.2, 0.25) is 5.02 Å². The summed E-state index contributed by atoms with van der Waals surface area (Å²) in [7, 11) is 0. The molecule has 2 aliphatic heterocycles. The van der Waals surface area contributed by atoms with E-state index in [1.165, 1.54) is 5.69 Å². The smallest absolute Gasteiger partial charge is 0.256 e. The topological polar surface area (TPSA) is 31.7 Å². The average molecular weight is 461 g/mol. The summed E-state index contributed by atoms with van der Waals surface area (Å²) in [5.74, 6) is 0.122. The van der Waals surface area contributed by atoms with Gasteiger partial charge in [-0.15, -0.1) is 0 Å². The first-order chi connectivity index (χ1) is 16.2. The highest BCUT2D eigenvalue weighted by Crippen LogP contribution is 2.23. The van der Waals surface area contributed by atoms with E-state index >= 15 is 0 Å². The molecular formula is C27H29ClN4O. The molecule has 0 atom stereocenters. The number of carbonyl (C=O) groups is 1. The number of para-hydroxylation sites is 1. The summed E-state index contributed by atoms with van der Waals surface area (Å²) in [6.07, 6.45) is 7.16. The second-order valence-corrected chi connectivity index (χ2v) is 9.07. The minimum absolute atomic E-state index is 0.122. The molecule has 5 nitrogen and oxygen atoms in total. The summed E-state index contributed by atoms with van der Waals surface area (Å²) < 4.78 is 2.09. The molecule has 0 radical (unpaired) electrons. The number of rotatable bonds is 6. The molecule has 2 aliphatic rings. The SMILES string of the molecule is O=C1c2ccn(-c3ccccc3)c2C=CCN1CCCN1CCN(c2ccc(Cl)cc2)CC1. The minimum atomic E-state index is 0.122. The Morgan fingerprint density at radius 1 is 0.818 bits per heavy atom. The first-order valence-electron chi connectivity index (χ1n) is 11.6. The third-order valence-corrected chi connectivity index (χ3v) is 6.80. The van der Waals surface area contributed by atoms with Crippen molar-refractivity contribution in [3.63, 3.8) is 0 Å². The highest BCUT2D eigenvalue weighted by Gasteiger charge is 2.23. The summed E-state index contributed by atoms with van der Waals surface area (Å²) in [4.78, 5) is 20.1. The Morgan fingerprint density at radius 3 is 2.33 bits per heavy atom. The molecule has 0 saturated carbocycles. The molecule has 1 fully saturated rings. The van der Waals surface area contributed by atoms with Crippen LogP contribution in [0.4, 0.5) is 5.69 Å². The predicted octanol–water partition coefficient (Wildman–Crippen LogP) is 4.81. The van der Waals surface area contributed by atoms with Crippen LogP contribution < -0.4 is 4.90 Å². The second-order valence-electron chi connectivity index (χ2n) is 8.63. The van der Waals surface area contributed by atoms with Gasteiger partial charge < -0.3 is 14.4 Å². The molecule has 1 aromatic heterocycles. The highest BCUT2D eigenvalue weighted by molar-refractivity contribution is 6.30. The number of piperazine rings is 1. The van der Waals surface area contributed by atoms with E-state index in [0.717, 1.165) is 67.7 Å². The van der Waals surface area contributed by atoms with Gasteiger partial charge in [0.15, 0.2) is 0 Å². The van der Waals surface area contributed by atoms with Crippen LogP contribution in [0, 0.1) is 0 Å². The van der Waals surface area contributed by atoms with Crippen molar-refractivity contribution in [2.45, 2.75) is 6.42 Å². The van der Waals surface area contributed by atoms with E-state index in [1.54, 1.807) is 0 Å². The highest BCUT2D eigenvalue weighted by atomic mass is 35.5. The largest absolute Gasteiger partial charge is 0.369 e. The molecule has 0 spiro atoms. The van der Waals surface area contributed by atoms with Crippen LogP contribution in [0.25, 0.3) is 11.8 Å². The minimum Gasteiger partial charge on any atom is -0.369 e. The zero-order valence-corrected chi connectivity index (χ0v) is 19.5. The van der Waals surface area contributed by atoms with Gasteiger partial charge in [-0.05, 0) is 61.5 Å². The number of hydrogen-bond donors (Lipinski definition) is 0. The van der Waals surface area contributed by atoms with E-state index in [9.17, 15) is 4.79 Å². The van der Waals surface area contributed by atoms with Gasteiger partial charge in [0, 0.05) is 61.9 Å². The Hall–Kier alpha value is -3.02. The maximum absolute atomic E-state index is 13.2. The van der Waals surface area contributed by atoms with E-state index < -0.39 is 0 Å². The fraction of sp³-hybridized carbons (Fsp3) is 0.296. The number of fused-ring (bicyclic) bond motifs is 1. The summed E-state index contributed by atoms with van der Waals surface area (Å²) in [5, 5.41) is 0.777. The average Bonchev–Trinajstić information content (AvgIpc) is 3.21. The van der Waals surface area contributed by atoms with Crippen LogP contribution in [0.15, 0.2) is 72.9 Å². The van der Waals surface area contributed by atoms with Gasteiger partial charge in [-0.1, -0.05) is 35.9 Å². The number of hydrogen-bond acceptors (Lipinski definition) is 3. The van der Waals surface area contributed by atoms with Crippen molar-refractivity contribution < 1.29 is 4.79 Å². The quantitative estimate of drug-likeness (QED) is 0.529. The van der Waals surface area contributed by atoms with E-state index in [2.05, 4.69) is 50.8 Å². The van der Waals surface area contributed by atoms with Gasteiger partial charge in [0.2, 0.25) is 0 Å². The molecule has 0 unspecified atom stereocenters.